The minimum Gasteiger partial charge on any atom is -0.493 e. The molecule has 0 unspecified atom stereocenters. The van der Waals surface area contributed by atoms with Crippen molar-refractivity contribution < 1.29 is 23.7 Å². The van der Waals surface area contributed by atoms with Gasteiger partial charge in [-0.15, -0.1) is 0 Å². The summed E-state index contributed by atoms with van der Waals surface area (Å²) in [5, 5.41) is 0. The molecule has 3 aromatic rings. The Bertz CT molecular complexity index is 1210. The largest absolute Gasteiger partial charge is 0.493 e. The topological polar surface area (TPSA) is 70.1 Å². The van der Waals surface area contributed by atoms with Crippen molar-refractivity contribution in [2.24, 2.45) is 0 Å². The Morgan fingerprint density at radius 2 is 1.88 bits per heavy atom. The maximum Gasteiger partial charge on any atom is 0.231 e. The molecule has 0 aliphatic carbocycles. The lowest BCUT2D eigenvalue weighted by atomic mass is 10.0. The highest BCUT2D eigenvalue weighted by atomic mass is 16.5. The molecule has 0 fully saturated rings. The average molecular weight is 430 g/mol. The maximum absolute atomic E-state index is 13.0. The highest BCUT2D eigenvalue weighted by Crippen LogP contribution is 2.42. The van der Waals surface area contributed by atoms with Gasteiger partial charge in [0, 0.05) is 25.5 Å². The predicted molar refractivity (Wildman–Crippen MR) is 118 cm³/mol. The fraction of sp³-hybridized carbons (Fsp3) is 0.200. The lowest BCUT2D eigenvalue weighted by Gasteiger charge is -2.29. The van der Waals surface area contributed by atoms with Crippen LogP contribution in [0.2, 0.25) is 0 Å². The van der Waals surface area contributed by atoms with Gasteiger partial charge in [-0.05, 0) is 53.6 Å². The molecule has 0 radical (unpaired) electrons. The molecule has 3 heterocycles. The molecule has 0 N–H and O–H groups in total. The van der Waals surface area contributed by atoms with Gasteiger partial charge in [0.15, 0.2) is 17.3 Å². The van der Waals surface area contributed by atoms with E-state index in [0.29, 0.717) is 42.6 Å². The number of ketones is 1. The summed E-state index contributed by atoms with van der Waals surface area (Å²) in [6.07, 6.45) is 5.27. The molecule has 1 aromatic heterocycles. The molecule has 5 rings (SSSR count). The Morgan fingerprint density at radius 3 is 2.66 bits per heavy atom. The van der Waals surface area contributed by atoms with Crippen LogP contribution in [-0.2, 0) is 13.1 Å². The van der Waals surface area contributed by atoms with E-state index in [1.807, 2.05) is 24.3 Å². The highest BCUT2D eigenvalue weighted by Gasteiger charge is 2.33. The van der Waals surface area contributed by atoms with Gasteiger partial charge >= 0.3 is 0 Å². The van der Waals surface area contributed by atoms with Gasteiger partial charge in [0.1, 0.15) is 18.2 Å². The van der Waals surface area contributed by atoms with E-state index in [2.05, 4.69) is 9.88 Å². The van der Waals surface area contributed by atoms with E-state index in [-0.39, 0.29) is 11.5 Å². The van der Waals surface area contributed by atoms with Crippen molar-refractivity contribution >= 4 is 11.9 Å². The quantitative estimate of drug-likeness (QED) is 0.565. The van der Waals surface area contributed by atoms with Gasteiger partial charge < -0.3 is 18.9 Å². The summed E-state index contributed by atoms with van der Waals surface area (Å²) < 4.78 is 22.7. The van der Waals surface area contributed by atoms with Crippen LogP contribution >= 0.6 is 0 Å². The molecule has 2 aromatic carbocycles. The molecule has 0 atom stereocenters. The van der Waals surface area contributed by atoms with E-state index in [1.165, 1.54) is 0 Å². The number of benzene rings is 2. The zero-order valence-electron chi connectivity index (χ0n) is 17.8. The second kappa shape index (κ2) is 8.36. The fourth-order valence-corrected chi connectivity index (χ4v) is 3.95. The first-order valence-corrected chi connectivity index (χ1v) is 10.2. The molecule has 0 saturated heterocycles. The summed E-state index contributed by atoms with van der Waals surface area (Å²) in [4.78, 5) is 19.2. The van der Waals surface area contributed by atoms with E-state index < -0.39 is 0 Å². The van der Waals surface area contributed by atoms with Gasteiger partial charge in [-0.25, -0.2) is 0 Å². The summed E-state index contributed by atoms with van der Waals surface area (Å²) in [6.45, 7) is 1.81. The molecule has 0 saturated carbocycles. The smallest absolute Gasteiger partial charge is 0.231 e. The van der Waals surface area contributed by atoms with Crippen LogP contribution in [0.5, 0.6) is 23.0 Å². The van der Waals surface area contributed by atoms with Crippen molar-refractivity contribution in [2.45, 2.75) is 13.1 Å². The molecule has 32 heavy (non-hydrogen) atoms. The van der Waals surface area contributed by atoms with Gasteiger partial charge in [0.05, 0.1) is 25.3 Å². The third-order valence-electron chi connectivity index (χ3n) is 5.54. The predicted octanol–water partition coefficient (Wildman–Crippen LogP) is 4.07. The van der Waals surface area contributed by atoms with Crippen molar-refractivity contribution in [2.75, 3.05) is 21.0 Å². The highest BCUT2D eigenvalue weighted by molar-refractivity contribution is 6.15. The van der Waals surface area contributed by atoms with Crippen LogP contribution in [0.15, 0.2) is 60.6 Å². The standard InChI is InChI=1S/C25H22N2O5/c1-29-21-5-3-17(11-22(21)30-2)12-23-24(28)18-4-6-20-19(25(18)32-23)14-27(15-31-20)13-16-7-9-26-10-8-16/h3-12H,13-15H2,1-2H3. The summed E-state index contributed by atoms with van der Waals surface area (Å²) >= 11 is 0. The first-order valence-electron chi connectivity index (χ1n) is 10.2. The number of ether oxygens (including phenoxy) is 4. The number of hydrogen-bond donors (Lipinski definition) is 0. The van der Waals surface area contributed by atoms with Crippen LogP contribution in [0, 0.1) is 0 Å². The third-order valence-corrected chi connectivity index (χ3v) is 5.54. The number of hydrogen-bond acceptors (Lipinski definition) is 7. The van der Waals surface area contributed by atoms with Crippen molar-refractivity contribution in [3.8, 4) is 23.0 Å². The molecule has 2 aliphatic heterocycles. The minimum atomic E-state index is -0.149. The number of Topliss-reactive ketones (excluding diaryl/α,β-unsaturated/α-hetero) is 1. The van der Waals surface area contributed by atoms with Crippen molar-refractivity contribution in [1.82, 2.24) is 9.88 Å². The van der Waals surface area contributed by atoms with Crippen LogP contribution in [0.3, 0.4) is 0 Å². The summed E-state index contributed by atoms with van der Waals surface area (Å²) in [6, 6.07) is 13.0. The molecule has 2 aliphatic rings. The van der Waals surface area contributed by atoms with Gasteiger partial charge in [-0.3, -0.25) is 14.7 Å². The lowest BCUT2D eigenvalue weighted by Crippen LogP contribution is -2.31. The molecule has 162 valence electrons. The van der Waals surface area contributed by atoms with Crippen LogP contribution < -0.4 is 18.9 Å². The van der Waals surface area contributed by atoms with Gasteiger partial charge in [0.2, 0.25) is 5.78 Å². The second-order valence-electron chi connectivity index (χ2n) is 7.59. The first kappa shape index (κ1) is 20.1. The maximum atomic E-state index is 13.0. The molecular weight excluding hydrogens is 408 g/mol. The van der Waals surface area contributed by atoms with Crippen LogP contribution in [-0.4, -0.2) is 36.6 Å². The molecule has 7 heteroatoms. The fourth-order valence-electron chi connectivity index (χ4n) is 3.95. The molecule has 0 spiro atoms. The monoisotopic (exact) mass is 430 g/mol. The van der Waals surface area contributed by atoms with Gasteiger partial charge in [0.25, 0.3) is 0 Å². The number of carbonyl (C=O) groups excluding carboxylic acids is 1. The molecule has 0 amide bonds. The van der Waals surface area contributed by atoms with E-state index in [9.17, 15) is 4.79 Å². The van der Waals surface area contributed by atoms with Crippen LogP contribution in [0.1, 0.15) is 27.0 Å². The number of methoxy groups -OCH3 is 2. The molecule has 0 bridgehead atoms. The number of rotatable bonds is 5. The Morgan fingerprint density at radius 1 is 1.06 bits per heavy atom. The van der Waals surface area contributed by atoms with Crippen LogP contribution in [0.4, 0.5) is 0 Å². The Kier molecular flexibility index (Phi) is 5.25. The van der Waals surface area contributed by atoms with E-state index in [1.54, 1.807) is 50.9 Å². The summed E-state index contributed by atoms with van der Waals surface area (Å²) in [5.74, 6) is 2.64. The molecular formula is C25H22N2O5. The Hall–Kier alpha value is -3.84. The summed E-state index contributed by atoms with van der Waals surface area (Å²) in [7, 11) is 3.16. The Labute approximate surface area is 185 Å². The summed E-state index contributed by atoms with van der Waals surface area (Å²) in [5.41, 5.74) is 3.35. The minimum absolute atomic E-state index is 0.149. The van der Waals surface area contributed by atoms with Crippen LogP contribution in [0.25, 0.3) is 6.08 Å². The second-order valence-corrected chi connectivity index (χ2v) is 7.59. The zero-order valence-corrected chi connectivity index (χ0v) is 17.8. The average Bonchev–Trinajstić information content (AvgIpc) is 3.15. The third kappa shape index (κ3) is 3.67. The SMILES string of the molecule is COc1ccc(C=C2Oc3c(ccc4c3CN(Cc3ccncc3)CO4)C2=O)cc1OC. The number of nitrogens with zero attached hydrogens (tertiary/aromatic N) is 2. The number of fused-ring (bicyclic) bond motifs is 3. The number of allylic oxidation sites excluding steroid dienone is 1. The van der Waals surface area contributed by atoms with E-state index in [4.69, 9.17) is 18.9 Å². The molecule has 7 nitrogen and oxygen atoms in total. The number of carbonyl (C=O) groups is 1. The first-order chi connectivity index (χ1) is 15.7. The normalized spacial score (nSPS) is 16.2. The lowest BCUT2D eigenvalue weighted by molar-refractivity contribution is 0.0872. The van der Waals surface area contributed by atoms with E-state index >= 15 is 0 Å². The number of pyridine rings is 1. The van der Waals surface area contributed by atoms with Crippen molar-refractivity contribution in [3.63, 3.8) is 0 Å². The Balaban J connectivity index is 1.42. The van der Waals surface area contributed by atoms with E-state index in [0.717, 1.165) is 22.4 Å². The van der Waals surface area contributed by atoms with Crippen molar-refractivity contribution in [1.29, 1.82) is 0 Å². The zero-order chi connectivity index (χ0) is 22.1. The number of aromatic nitrogens is 1. The van der Waals surface area contributed by atoms with Gasteiger partial charge in [-0.2, -0.15) is 0 Å². The van der Waals surface area contributed by atoms with Gasteiger partial charge in [-0.1, -0.05) is 6.07 Å². The van der Waals surface area contributed by atoms with Crippen molar-refractivity contribution in [3.05, 3.63) is 82.9 Å².